The molecule has 0 bridgehead atoms. The van der Waals surface area contributed by atoms with Crippen LogP contribution < -0.4 is 10.2 Å². The fraction of sp³-hybridized carbons (Fsp3) is 0.258. The van der Waals surface area contributed by atoms with E-state index in [2.05, 4.69) is 27.3 Å². The zero-order valence-corrected chi connectivity index (χ0v) is 23.6. The van der Waals surface area contributed by atoms with Gasteiger partial charge in [-0.25, -0.2) is 14.3 Å². The van der Waals surface area contributed by atoms with Gasteiger partial charge < -0.3 is 15.1 Å². The topological polar surface area (TPSA) is 97.7 Å². The van der Waals surface area contributed by atoms with Crippen LogP contribution >= 0.6 is 11.8 Å². The second-order valence-corrected chi connectivity index (χ2v) is 11.1. The lowest BCUT2D eigenvalue weighted by Crippen LogP contribution is -2.49. The van der Waals surface area contributed by atoms with Crippen LogP contribution in [-0.4, -0.2) is 76.5 Å². The molecule has 0 aromatic heterocycles. The molecule has 1 saturated heterocycles. The highest BCUT2D eigenvalue weighted by Gasteiger charge is 2.41. The van der Waals surface area contributed by atoms with Gasteiger partial charge in [-0.3, -0.25) is 19.4 Å². The lowest BCUT2D eigenvalue weighted by Gasteiger charge is -2.36. The number of rotatable bonds is 7. The Morgan fingerprint density at radius 1 is 0.929 bits per heavy atom. The summed E-state index contributed by atoms with van der Waals surface area (Å²) in [5, 5.41) is 2.88. The molecule has 3 aromatic carbocycles. The maximum absolute atomic E-state index is 14.0. The monoisotopic (exact) mass is 584 g/mol. The first-order valence-electron chi connectivity index (χ1n) is 13.8. The lowest BCUT2D eigenvalue weighted by molar-refractivity contribution is -0.132. The Kier molecular flexibility index (Phi) is 8.00. The van der Waals surface area contributed by atoms with E-state index in [1.165, 1.54) is 17.0 Å². The van der Waals surface area contributed by atoms with Crippen molar-refractivity contribution in [3.05, 3.63) is 90.2 Å². The van der Waals surface area contributed by atoms with Gasteiger partial charge in [-0.1, -0.05) is 54.2 Å². The van der Waals surface area contributed by atoms with Crippen LogP contribution in [0.2, 0.25) is 0 Å². The number of benzene rings is 3. The predicted octanol–water partition coefficient (Wildman–Crippen LogP) is 4.29. The number of fused-ring (bicyclic) bond motifs is 3. The Bertz CT molecular complexity index is 1570. The van der Waals surface area contributed by atoms with E-state index in [-0.39, 0.29) is 36.1 Å². The van der Waals surface area contributed by atoms with Crippen molar-refractivity contribution in [3.8, 4) is 0 Å². The van der Waals surface area contributed by atoms with Gasteiger partial charge in [-0.15, -0.1) is 0 Å². The highest BCUT2D eigenvalue weighted by Crippen LogP contribution is 2.34. The standard InChI is InChI=1S/C31H29FN6O3S/c32-23-11-5-7-13-25(23)33-27(39)20-42-31-35-24-12-6-4-10-22(24)29-34-26(30(41)38(29)31)14-15-28(40)37-18-16-36(17-19-37)21-8-2-1-3-9-21/h1-13,26H,14-20H2,(H,33,39). The molecule has 42 heavy (non-hydrogen) atoms. The highest BCUT2D eigenvalue weighted by molar-refractivity contribution is 8.14. The lowest BCUT2D eigenvalue weighted by atomic mass is 10.1. The number of aliphatic imine (C=N–C) groups is 2. The molecule has 1 atom stereocenters. The zero-order valence-electron chi connectivity index (χ0n) is 22.8. The molecule has 1 unspecified atom stereocenters. The molecule has 1 N–H and O–H groups in total. The molecular weight excluding hydrogens is 555 g/mol. The summed E-state index contributed by atoms with van der Waals surface area (Å²) in [7, 11) is 0. The van der Waals surface area contributed by atoms with Crippen LogP contribution in [0.3, 0.4) is 0 Å². The minimum atomic E-state index is -0.723. The van der Waals surface area contributed by atoms with Gasteiger partial charge in [0.05, 0.1) is 17.1 Å². The number of carbonyl (C=O) groups excluding carboxylic acids is 3. The van der Waals surface area contributed by atoms with Gasteiger partial charge in [-0.05, 0) is 42.8 Å². The van der Waals surface area contributed by atoms with E-state index in [1.807, 2.05) is 47.4 Å². The number of piperazine rings is 1. The molecule has 0 radical (unpaired) electrons. The SMILES string of the molecule is O=C(CSC1=Nc2ccccc2C2=NC(CCC(=O)N3CCN(c4ccccc4)CC3)C(=O)N12)Nc1ccccc1F. The van der Waals surface area contributed by atoms with Gasteiger partial charge in [0.15, 0.2) is 5.17 Å². The van der Waals surface area contributed by atoms with Gasteiger partial charge in [0.1, 0.15) is 17.7 Å². The first-order valence-corrected chi connectivity index (χ1v) is 14.8. The number of carbonyl (C=O) groups is 3. The number of hydrogen-bond acceptors (Lipinski definition) is 7. The van der Waals surface area contributed by atoms with E-state index in [1.54, 1.807) is 12.1 Å². The zero-order chi connectivity index (χ0) is 29.1. The van der Waals surface area contributed by atoms with Crippen LogP contribution in [-0.2, 0) is 14.4 Å². The molecule has 3 aromatic rings. The third-order valence-corrected chi connectivity index (χ3v) is 8.35. The molecule has 3 heterocycles. The third kappa shape index (κ3) is 5.78. The Morgan fingerprint density at radius 3 is 2.43 bits per heavy atom. The number of halogens is 1. The summed E-state index contributed by atoms with van der Waals surface area (Å²) in [6, 6.07) is 22.7. The summed E-state index contributed by atoms with van der Waals surface area (Å²) in [6.07, 6.45) is 0.489. The average molecular weight is 585 g/mol. The minimum absolute atomic E-state index is 0.00839. The first-order chi connectivity index (χ1) is 20.5. The second kappa shape index (κ2) is 12.2. The van der Waals surface area contributed by atoms with Gasteiger partial charge in [0, 0.05) is 43.9 Å². The summed E-state index contributed by atoms with van der Waals surface area (Å²) in [5.41, 5.74) is 2.60. The number of amidine groups is 2. The van der Waals surface area contributed by atoms with Crippen LogP contribution in [0.1, 0.15) is 18.4 Å². The van der Waals surface area contributed by atoms with Crippen molar-refractivity contribution >= 4 is 57.5 Å². The van der Waals surface area contributed by atoms with Crippen LogP contribution in [0.25, 0.3) is 0 Å². The molecule has 3 aliphatic heterocycles. The molecule has 1 fully saturated rings. The van der Waals surface area contributed by atoms with Crippen molar-refractivity contribution in [1.29, 1.82) is 0 Å². The van der Waals surface area contributed by atoms with E-state index in [9.17, 15) is 18.8 Å². The maximum atomic E-state index is 14.0. The molecule has 6 rings (SSSR count). The fourth-order valence-electron chi connectivity index (χ4n) is 5.24. The van der Waals surface area contributed by atoms with Gasteiger partial charge in [0.2, 0.25) is 11.8 Å². The van der Waals surface area contributed by atoms with Crippen molar-refractivity contribution in [3.63, 3.8) is 0 Å². The Morgan fingerprint density at radius 2 is 1.64 bits per heavy atom. The number of anilines is 2. The molecule has 214 valence electrons. The summed E-state index contributed by atoms with van der Waals surface area (Å²) in [6.45, 7) is 2.77. The number of thioether (sulfide) groups is 1. The smallest absolute Gasteiger partial charge is 0.259 e. The fourth-order valence-corrected chi connectivity index (χ4v) is 6.04. The van der Waals surface area contributed by atoms with E-state index >= 15 is 0 Å². The molecule has 0 aliphatic carbocycles. The van der Waals surface area contributed by atoms with E-state index in [0.29, 0.717) is 29.8 Å². The van der Waals surface area contributed by atoms with Crippen molar-refractivity contribution in [2.45, 2.75) is 18.9 Å². The summed E-state index contributed by atoms with van der Waals surface area (Å²) in [5.74, 6) is -0.830. The molecule has 3 amide bonds. The third-order valence-electron chi connectivity index (χ3n) is 7.41. The van der Waals surface area contributed by atoms with Crippen molar-refractivity contribution in [1.82, 2.24) is 9.80 Å². The molecule has 0 saturated carbocycles. The summed E-state index contributed by atoms with van der Waals surface area (Å²) < 4.78 is 14.0. The molecular formula is C31H29FN6O3S. The van der Waals surface area contributed by atoms with Crippen LogP contribution in [0.4, 0.5) is 21.5 Å². The van der Waals surface area contributed by atoms with E-state index in [0.717, 1.165) is 36.1 Å². The maximum Gasteiger partial charge on any atom is 0.259 e. The number of nitrogens with zero attached hydrogens (tertiary/aromatic N) is 5. The Hall–Kier alpha value is -4.51. The minimum Gasteiger partial charge on any atom is -0.368 e. The predicted molar refractivity (Wildman–Crippen MR) is 163 cm³/mol. The highest BCUT2D eigenvalue weighted by atomic mass is 32.2. The number of nitrogens with one attached hydrogen (secondary N) is 1. The van der Waals surface area contributed by atoms with Crippen LogP contribution in [0, 0.1) is 5.82 Å². The molecule has 0 spiro atoms. The van der Waals surface area contributed by atoms with E-state index in [4.69, 9.17) is 4.99 Å². The van der Waals surface area contributed by atoms with Crippen LogP contribution in [0.5, 0.6) is 0 Å². The number of para-hydroxylation sites is 3. The van der Waals surface area contributed by atoms with Crippen LogP contribution in [0.15, 0.2) is 88.8 Å². The van der Waals surface area contributed by atoms with Gasteiger partial charge in [0.25, 0.3) is 5.91 Å². The second-order valence-electron chi connectivity index (χ2n) is 10.1. The molecule has 9 nitrogen and oxygen atoms in total. The van der Waals surface area contributed by atoms with Crippen molar-refractivity contribution < 1.29 is 18.8 Å². The average Bonchev–Trinajstić information content (AvgIpc) is 3.36. The summed E-state index contributed by atoms with van der Waals surface area (Å²) >= 11 is 1.08. The van der Waals surface area contributed by atoms with Gasteiger partial charge >= 0.3 is 0 Å². The van der Waals surface area contributed by atoms with Crippen molar-refractivity contribution in [2.75, 3.05) is 42.1 Å². The van der Waals surface area contributed by atoms with Gasteiger partial charge in [-0.2, -0.15) is 0 Å². The number of amides is 3. The normalized spacial score (nSPS) is 17.8. The largest absolute Gasteiger partial charge is 0.368 e. The molecule has 11 heteroatoms. The summed E-state index contributed by atoms with van der Waals surface area (Å²) in [4.78, 5) is 54.1. The van der Waals surface area contributed by atoms with E-state index < -0.39 is 17.8 Å². The first kappa shape index (κ1) is 27.6. The Balaban J connectivity index is 1.09. The quantitative estimate of drug-likeness (QED) is 0.447. The van der Waals surface area contributed by atoms with Crippen molar-refractivity contribution in [2.24, 2.45) is 9.98 Å². The number of hydrogen-bond donors (Lipinski definition) is 1. The Labute approximate surface area is 247 Å². The molecule has 3 aliphatic rings.